The highest BCUT2D eigenvalue weighted by Gasteiger charge is 2.09. The largest absolute Gasteiger partial charge is 0.399 e. The zero-order valence-corrected chi connectivity index (χ0v) is 7.92. The second-order valence-electron chi connectivity index (χ2n) is 3.07. The Kier molecular flexibility index (Phi) is 2.68. The maximum Gasteiger partial charge on any atom is 0.160 e. The van der Waals surface area contributed by atoms with Gasteiger partial charge in [-0.15, -0.1) is 0 Å². The van der Waals surface area contributed by atoms with Crippen molar-refractivity contribution in [3.05, 3.63) is 28.8 Å². The second kappa shape index (κ2) is 3.58. The molecule has 0 heterocycles. The summed E-state index contributed by atoms with van der Waals surface area (Å²) in [5, 5.41) is 0. The van der Waals surface area contributed by atoms with Gasteiger partial charge in [0.05, 0.1) is 0 Å². The fraction of sp³-hybridized carbons (Fsp3) is 0.300. The summed E-state index contributed by atoms with van der Waals surface area (Å²) >= 11 is 0. The maximum atomic E-state index is 11.2. The van der Waals surface area contributed by atoms with Crippen LogP contribution in [0.1, 0.15) is 28.4 Å². The predicted molar refractivity (Wildman–Crippen MR) is 53.5 cm³/mol. The summed E-state index contributed by atoms with van der Waals surface area (Å²) in [4.78, 5) is 11.2. The number of ketones is 1. The van der Waals surface area contributed by atoms with Gasteiger partial charge >= 0.3 is 0 Å². The molecule has 1 aromatic carbocycles. The number of hydrogen-bond acceptors (Lipinski definition) is 3. The first-order chi connectivity index (χ1) is 6.07. The average molecular weight is 178 g/mol. The van der Waals surface area contributed by atoms with Gasteiger partial charge in [0.1, 0.15) is 0 Å². The van der Waals surface area contributed by atoms with Crippen molar-refractivity contribution in [1.29, 1.82) is 0 Å². The van der Waals surface area contributed by atoms with E-state index < -0.39 is 0 Å². The van der Waals surface area contributed by atoms with Gasteiger partial charge in [-0.05, 0) is 37.1 Å². The second-order valence-corrected chi connectivity index (χ2v) is 3.07. The van der Waals surface area contributed by atoms with Crippen molar-refractivity contribution in [2.24, 2.45) is 5.73 Å². The fourth-order valence-corrected chi connectivity index (χ4v) is 1.37. The lowest BCUT2D eigenvalue weighted by atomic mass is 9.98. The molecule has 0 atom stereocenters. The highest BCUT2D eigenvalue weighted by atomic mass is 16.1. The molecule has 0 aliphatic carbocycles. The van der Waals surface area contributed by atoms with Crippen molar-refractivity contribution < 1.29 is 4.79 Å². The van der Waals surface area contributed by atoms with E-state index in [4.69, 9.17) is 11.5 Å². The van der Waals surface area contributed by atoms with Gasteiger partial charge in [-0.2, -0.15) is 0 Å². The number of benzene rings is 1. The molecule has 1 rings (SSSR count). The van der Waals surface area contributed by atoms with Crippen LogP contribution in [0.4, 0.5) is 5.69 Å². The lowest BCUT2D eigenvalue weighted by molar-refractivity contribution is 0.101. The number of nitrogen functional groups attached to an aromatic ring is 1. The Hall–Kier alpha value is -1.35. The molecule has 13 heavy (non-hydrogen) atoms. The minimum atomic E-state index is 0.0311. The molecule has 0 saturated heterocycles. The molecule has 0 spiro atoms. The first-order valence-corrected chi connectivity index (χ1v) is 4.17. The lowest BCUT2D eigenvalue weighted by Crippen LogP contribution is -2.09. The predicted octanol–water partition coefficient (Wildman–Crippen LogP) is 1.24. The van der Waals surface area contributed by atoms with Crippen molar-refractivity contribution in [3.63, 3.8) is 0 Å². The standard InChI is InChI=1S/C10H14N2O/c1-6-9(5-11)8(7(2)13)3-4-10(6)12/h3-4H,5,11-12H2,1-2H3. The maximum absolute atomic E-state index is 11.2. The van der Waals surface area contributed by atoms with Crippen LogP contribution in [0.2, 0.25) is 0 Å². The van der Waals surface area contributed by atoms with Crippen LogP contribution in [0.15, 0.2) is 12.1 Å². The third-order valence-corrected chi connectivity index (χ3v) is 2.22. The molecule has 0 aliphatic heterocycles. The smallest absolute Gasteiger partial charge is 0.160 e. The Balaban J connectivity index is 3.38. The van der Waals surface area contributed by atoms with E-state index in [1.165, 1.54) is 6.92 Å². The third kappa shape index (κ3) is 1.70. The zero-order valence-electron chi connectivity index (χ0n) is 7.92. The molecule has 4 N–H and O–H groups in total. The summed E-state index contributed by atoms with van der Waals surface area (Å²) in [5.74, 6) is 0.0311. The molecule has 0 aromatic heterocycles. The van der Waals surface area contributed by atoms with Crippen LogP contribution < -0.4 is 11.5 Å². The van der Waals surface area contributed by atoms with E-state index in [0.29, 0.717) is 17.8 Å². The minimum Gasteiger partial charge on any atom is -0.399 e. The van der Waals surface area contributed by atoms with Gasteiger partial charge < -0.3 is 11.5 Å². The molecular formula is C10H14N2O. The van der Waals surface area contributed by atoms with E-state index in [0.717, 1.165) is 11.1 Å². The van der Waals surface area contributed by atoms with Crippen molar-refractivity contribution in [1.82, 2.24) is 0 Å². The fourth-order valence-electron chi connectivity index (χ4n) is 1.37. The number of Topliss-reactive ketones (excluding diaryl/α,β-unsaturated/α-hetero) is 1. The van der Waals surface area contributed by atoms with Gasteiger partial charge in [0, 0.05) is 17.8 Å². The van der Waals surface area contributed by atoms with E-state index in [2.05, 4.69) is 0 Å². The topological polar surface area (TPSA) is 69.1 Å². The summed E-state index contributed by atoms with van der Waals surface area (Å²) in [5.41, 5.74) is 14.4. The number of anilines is 1. The van der Waals surface area contributed by atoms with Gasteiger partial charge in [-0.25, -0.2) is 0 Å². The van der Waals surface area contributed by atoms with Crippen molar-refractivity contribution >= 4 is 11.5 Å². The highest BCUT2D eigenvalue weighted by molar-refractivity contribution is 5.96. The summed E-state index contributed by atoms with van der Waals surface area (Å²) in [6.07, 6.45) is 0. The van der Waals surface area contributed by atoms with Crippen LogP contribution in [0.5, 0.6) is 0 Å². The van der Waals surface area contributed by atoms with Gasteiger partial charge in [-0.1, -0.05) is 0 Å². The molecule has 0 radical (unpaired) electrons. The first-order valence-electron chi connectivity index (χ1n) is 4.17. The molecular weight excluding hydrogens is 164 g/mol. The van der Waals surface area contributed by atoms with E-state index in [-0.39, 0.29) is 5.78 Å². The van der Waals surface area contributed by atoms with E-state index in [1.807, 2.05) is 6.92 Å². The number of rotatable bonds is 2. The summed E-state index contributed by atoms with van der Waals surface area (Å²) in [6, 6.07) is 3.47. The lowest BCUT2D eigenvalue weighted by Gasteiger charge is -2.10. The molecule has 3 heteroatoms. The van der Waals surface area contributed by atoms with Gasteiger partial charge in [-0.3, -0.25) is 4.79 Å². The van der Waals surface area contributed by atoms with Crippen LogP contribution in [0.3, 0.4) is 0 Å². The van der Waals surface area contributed by atoms with Gasteiger partial charge in [0.25, 0.3) is 0 Å². The van der Waals surface area contributed by atoms with Crippen molar-refractivity contribution in [2.45, 2.75) is 20.4 Å². The third-order valence-electron chi connectivity index (χ3n) is 2.22. The zero-order chi connectivity index (χ0) is 10.0. The number of carbonyl (C=O) groups excluding carboxylic acids is 1. The van der Waals surface area contributed by atoms with Crippen molar-refractivity contribution in [2.75, 3.05) is 5.73 Å². The van der Waals surface area contributed by atoms with Crippen LogP contribution in [0, 0.1) is 6.92 Å². The number of carbonyl (C=O) groups is 1. The summed E-state index contributed by atoms with van der Waals surface area (Å²) in [6.45, 7) is 3.76. The molecule has 1 aromatic rings. The minimum absolute atomic E-state index is 0.0311. The molecule has 0 fully saturated rings. The molecule has 0 unspecified atom stereocenters. The van der Waals surface area contributed by atoms with Crippen LogP contribution in [-0.4, -0.2) is 5.78 Å². The Morgan fingerprint density at radius 3 is 2.54 bits per heavy atom. The first kappa shape index (κ1) is 9.74. The van der Waals surface area contributed by atoms with Crippen LogP contribution in [0.25, 0.3) is 0 Å². The molecule has 3 nitrogen and oxygen atoms in total. The van der Waals surface area contributed by atoms with Crippen molar-refractivity contribution in [3.8, 4) is 0 Å². The number of hydrogen-bond donors (Lipinski definition) is 2. The van der Waals surface area contributed by atoms with E-state index in [9.17, 15) is 4.79 Å². The van der Waals surface area contributed by atoms with Gasteiger partial charge in [0.15, 0.2) is 5.78 Å². The normalized spacial score (nSPS) is 10.1. The number of nitrogens with two attached hydrogens (primary N) is 2. The molecule has 0 aliphatic rings. The quantitative estimate of drug-likeness (QED) is 0.528. The SMILES string of the molecule is CC(=O)c1ccc(N)c(C)c1CN. The Morgan fingerprint density at radius 2 is 2.08 bits per heavy atom. The Bertz CT molecular complexity index is 345. The molecule has 70 valence electrons. The monoisotopic (exact) mass is 178 g/mol. The highest BCUT2D eigenvalue weighted by Crippen LogP contribution is 2.20. The Labute approximate surface area is 77.7 Å². The summed E-state index contributed by atoms with van der Waals surface area (Å²) in [7, 11) is 0. The molecule has 0 saturated carbocycles. The summed E-state index contributed by atoms with van der Waals surface area (Å²) < 4.78 is 0. The average Bonchev–Trinajstić information content (AvgIpc) is 2.09. The Morgan fingerprint density at radius 1 is 1.46 bits per heavy atom. The molecule has 0 amide bonds. The van der Waals surface area contributed by atoms with E-state index >= 15 is 0 Å². The van der Waals surface area contributed by atoms with Crippen LogP contribution in [-0.2, 0) is 6.54 Å². The van der Waals surface area contributed by atoms with Gasteiger partial charge in [0.2, 0.25) is 0 Å². The van der Waals surface area contributed by atoms with Crippen LogP contribution >= 0.6 is 0 Å². The van der Waals surface area contributed by atoms with E-state index in [1.54, 1.807) is 12.1 Å². The molecule has 0 bridgehead atoms.